The van der Waals surface area contributed by atoms with Crippen molar-refractivity contribution in [2.75, 3.05) is 5.32 Å². The van der Waals surface area contributed by atoms with Crippen LogP contribution in [0.5, 0.6) is 0 Å². The number of halogens is 2. The molecule has 0 saturated heterocycles. The number of rotatable bonds is 3. The number of hydrogen-bond donors (Lipinski definition) is 1. The molecule has 1 amide bonds. The molecule has 1 N–H and O–H groups in total. The highest BCUT2D eigenvalue weighted by atomic mass is 79.9. The first-order chi connectivity index (χ1) is 10.1. The molecule has 0 saturated carbocycles. The third kappa shape index (κ3) is 3.33. The Hall–Kier alpha value is -1.66. The van der Waals surface area contributed by atoms with Gasteiger partial charge in [-0.25, -0.2) is 4.98 Å². The van der Waals surface area contributed by atoms with E-state index in [9.17, 15) is 4.79 Å². The predicted octanol–water partition coefficient (Wildman–Crippen LogP) is 4.20. The van der Waals surface area contributed by atoms with E-state index in [-0.39, 0.29) is 12.5 Å². The van der Waals surface area contributed by atoms with Crippen molar-refractivity contribution in [3.8, 4) is 0 Å². The summed E-state index contributed by atoms with van der Waals surface area (Å²) in [5.41, 5.74) is 1.02. The van der Waals surface area contributed by atoms with Gasteiger partial charge in [-0.05, 0) is 51.6 Å². The van der Waals surface area contributed by atoms with Crippen LogP contribution in [-0.2, 0) is 11.3 Å². The maximum absolute atomic E-state index is 12.1. The number of fused-ring (bicyclic) bond motifs is 1. The Labute approximate surface area is 138 Å². The number of aromatic nitrogens is 2. The quantitative estimate of drug-likeness (QED) is 0.705. The van der Waals surface area contributed by atoms with Crippen molar-refractivity contribution in [2.45, 2.75) is 6.54 Å². The van der Waals surface area contributed by atoms with E-state index in [2.05, 4.69) is 42.2 Å². The molecule has 3 rings (SSSR count). The maximum Gasteiger partial charge on any atom is 0.245 e. The molecule has 0 radical (unpaired) electrons. The van der Waals surface area contributed by atoms with Crippen LogP contribution in [0.2, 0.25) is 0 Å². The number of amides is 1. The van der Waals surface area contributed by atoms with E-state index < -0.39 is 0 Å². The van der Waals surface area contributed by atoms with Gasteiger partial charge in [0.25, 0.3) is 0 Å². The number of pyridine rings is 1. The van der Waals surface area contributed by atoms with Crippen molar-refractivity contribution in [3.05, 3.63) is 57.7 Å². The third-order valence-corrected chi connectivity index (χ3v) is 4.01. The highest BCUT2D eigenvalue weighted by Gasteiger charge is 2.07. The molecular weight excluding hydrogens is 398 g/mol. The maximum atomic E-state index is 12.1. The summed E-state index contributed by atoms with van der Waals surface area (Å²) in [4.78, 5) is 16.2. The van der Waals surface area contributed by atoms with Crippen LogP contribution in [-0.4, -0.2) is 15.5 Å². The summed E-state index contributed by atoms with van der Waals surface area (Å²) in [7, 11) is 0. The average Bonchev–Trinajstić information content (AvgIpc) is 2.84. The van der Waals surface area contributed by atoms with Crippen molar-refractivity contribution in [1.82, 2.24) is 9.55 Å². The summed E-state index contributed by atoms with van der Waals surface area (Å²) >= 11 is 6.76. The molecule has 0 bridgehead atoms. The number of carbonyl (C=O) groups excluding carboxylic acids is 1. The van der Waals surface area contributed by atoms with E-state index in [1.165, 1.54) is 0 Å². The Morgan fingerprint density at radius 1 is 1.14 bits per heavy atom. The van der Waals surface area contributed by atoms with Gasteiger partial charge >= 0.3 is 0 Å². The lowest BCUT2D eigenvalue weighted by Crippen LogP contribution is -2.18. The van der Waals surface area contributed by atoms with E-state index in [4.69, 9.17) is 0 Å². The Kier molecular flexibility index (Phi) is 4.07. The van der Waals surface area contributed by atoms with Crippen LogP contribution in [0, 0.1) is 0 Å². The highest BCUT2D eigenvalue weighted by molar-refractivity contribution is 9.10. The van der Waals surface area contributed by atoms with Crippen molar-refractivity contribution >= 4 is 54.5 Å². The topological polar surface area (TPSA) is 46.9 Å². The predicted molar refractivity (Wildman–Crippen MR) is 90.2 cm³/mol. The zero-order valence-corrected chi connectivity index (χ0v) is 14.1. The fourth-order valence-electron chi connectivity index (χ4n) is 2.08. The molecule has 6 heteroatoms. The Balaban J connectivity index is 1.77. The van der Waals surface area contributed by atoms with Gasteiger partial charge in [0.05, 0.1) is 0 Å². The summed E-state index contributed by atoms with van der Waals surface area (Å²) in [6.45, 7) is 0.248. The van der Waals surface area contributed by atoms with Crippen LogP contribution >= 0.6 is 31.9 Å². The first-order valence-corrected chi connectivity index (χ1v) is 7.86. The van der Waals surface area contributed by atoms with E-state index in [1.807, 2.05) is 41.1 Å². The standard InChI is InChI=1S/C15H11Br2N3O/c16-11-2-1-10-5-6-20(13(10)7-11)9-15(21)19-14-4-3-12(17)8-18-14/h1-8H,9H2,(H,18,19,21). The second-order valence-corrected chi connectivity index (χ2v) is 6.39. The fourth-order valence-corrected chi connectivity index (χ4v) is 2.67. The molecule has 21 heavy (non-hydrogen) atoms. The highest BCUT2D eigenvalue weighted by Crippen LogP contribution is 2.21. The van der Waals surface area contributed by atoms with Crippen LogP contribution in [0.25, 0.3) is 10.9 Å². The van der Waals surface area contributed by atoms with Gasteiger partial charge in [0.2, 0.25) is 5.91 Å². The summed E-state index contributed by atoms with van der Waals surface area (Å²) in [6.07, 6.45) is 3.56. The van der Waals surface area contributed by atoms with E-state index in [1.54, 1.807) is 12.3 Å². The second-order valence-electron chi connectivity index (χ2n) is 4.56. The van der Waals surface area contributed by atoms with Crippen LogP contribution in [0.4, 0.5) is 5.82 Å². The molecule has 0 atom stereocenters. The second kappa shape index (κ2) is 5.99. The Morgan fingerprint density at radius 3 is 2.71 bits per heavy atom. The van der Waals surface area contributed by atoms with Gasteiger partial charge in [-0.15, -0.1) is 0 Å². The van der Waals surface area contributed by atoms with Crippen molar-refractivity contribution < 1.29 is 4.79 Å². The number of nitrogens with zero attached hydrogens (tertiary/aromatic N) is 2. The zero-order valence-electron chi connectivity index (χ0n) is 10.9. The minimum absolute atomic E-state index is 0.109. The monoisotopic (exact) mass is 407 g/mol. The van der Waals surface area contributed by atoms with E-state index in [0.29, 0.717) is 5.82 Å². The van der Waals surface area contributed by atoms with Gasteiger partial charge in [0, 0.05) is 26.9 Å². The number of anilines is 1. The lowest BCUT2D eigenvalue weighted by molar-refractivity contribution is -0.116. The number of hydrogen-bond acceptors (Lipinski definition) is 2. The molecule has 0 aliphatic carbocycles. The molecule has 106 valence electrons. The van der Waals surface area contributed by atoms with Crippen LogP contribution in [0.1, 0.15) is 0 Å². The van der Waals surface area contributed by atoms with Crippen LogP contribution < -0.4 is 5.32 Å². The molecule has 1 aromatic carbocycles. The smallest absolute Gasteiger partial charge is 0.245 e. The van der Waals surface area contributed by atoms with Crippen molar-refractivity contribution in [2.24, 2.45) is 0 Å². The Morgan fingerprint density at radius 2 is 1.95 bits per heavy atom. The molecule has 2 heterocycles. The Bertz CT molecular complexity index is 796. The molecule has 0 aliphatic rings. The molecule has 3 aromatic rings. The number of carbonyl (C=O) groups is 1. The van der Waals surface area contributed by atoms with Crippen LogP contribution in [0.3, 0.4) is 0 Å². The minimum Gasteiger partial charge on any atom is -0.338 e. The molecule has 2 aromatic heterocycles. The van der Waals surface area contributed by atoms with Gasteiger partial charge in [-0.1, -0.05) is 22.0 Å². The molecule has 4 nitrogen and oxygen atoms in total. The lowest BCUT2D eigenvalue weighted by Gasteiger charge is -2.07. The largest absolute Gasteiger partial charge is 0.338 e. The molecule has 0 unspecified atom stereocenters. The van der Waals surface area contributed by atoms with E-state index in [0.717, 1.165) is 19.8 Å². The van der Waals surface area contributed by atoms with Gasteiger partial charge in [-0.2, -0.15) is 0 Å². The molecule has 0 spiro atoms. The van der Waals surface area contributed by atoms with Gasteiger partial charge in [-0.3, -0.25) is 4.79 Å². The molecule has 0 fully saturated rings. The van der Waals surface area contributed by atoms with Crippen LogP contribution in [0.15, 0.2) is 57.7 Å². The molecular formula is C15H11Br2N3O. The van der Waals surface area contributed by atoms with E-state index >= 15 is 0 Å². The minimum atomic E-state index is -0.109. The van der Waals surface area contributed by atoms with Gasteiger partial charge in [0.1, 0.15) is 12.4 Å². The zero-order chi connectivity index (χ0) is 14.8. The number of nitrogens with one attached hydrogen (secondary N) is 1. The first kappa shape index (κ1) is 14.3. The average molecular weight is 409 g/mol. The fraction of sp³-hybridized carbons (Fsp3) is 0.0667. The summed E-state index contributed by atoms with van der Waals surface area (Å²) in [5, 5.41) is 3.89. The first-order valence-electron chi connectivity index (χ1n) is 6.27. The summed E-state index contributed by atoms with van der Waals surface area (Å²) < 4.78 is 3.78. The summed E-state index contributed by atoms with van der Waals surface area (Å²) in [5.74, 6) is 0.433. The van der Waals surface area contributed by atoms with Gasteiger partial charge in [0.15, 0.2) is 0 Å². The van der Waals surface area contributed by atoms with Crippen molar-refractivity contribution in [1.29, 1.82) is 0 Å². The SMILES string of the molecule is O=C(Cn1ccc2ccc(Br)cc21)Nc1ccc(Br)cn1. The molecule has 0 aliphatic heterocycles. The normalized spacial score (nSPS) is 10.8. The number of benzene rings is 1. The van der Waals surface area contributed by atoms with Gasteiger partial charge < -0.3 is 9.88 Å². The summed E-state index contributed by atoms with van der Waals surface area (Å²) in [6, 6.07) is 11.6. The third-order valence-electron chi connectivity index (χ3n) is 3.04. The lowest BCUT2D eigenvalue weighted by atomic mass is 10.2. The van der Waals surface area contributed by atoms with Crippen molar-refractivity contribution in [3.63, 3.8) is 0 Å².